The molecule has 0 saturated heterocycles. The number of aromatic nitrogens is 1. The number of nitrogens with zero attached hydrogens (tertiary/aromatic N) is 1. The van der Waals surface area contributed by atoms with Crippen LogP contribution in [0.4, 0.5) is 17.4 Å². The second-order valence-electron chi connectivity index (χ2n) is 4.98. The zero-order valence-electron chi connectivity index (χ0n) is 12.4. The molecule has 1 radical (unpaired) electrons. The van der Waals surface area contributed by atoms with Gasteiger partial charge in [-0.2, -0.15) is 4.39 Å². The molecule has 1 aromatic heterocycles. The predicted molar refractivity (Wildman–Crippen MR) is 77.9 cm³/mol. The Morgan fingerprint density at radius 3 is 2.38 bits per heavy atom. The number of pyridine rings is 1. The Bertz CT molecular complexity index is 851. The van der Waals surface area contributed by atoms with E-state index in [1.165, 1.54) is 4.57 Å². The monoisotopic (exact) mass is 344 g/mol. The van der Waals surface area contributed by atoms with Gasteiger partial charge in [0.2, 0.25) is 5.82 Å². The van der Waals surface area contributed by atoms with Gasteiger partial charge in [-0.1, -0.05) is 0 Å². The summed E-state index contributed by atoms with van der Waals surface area (Å²) in [5.74, 6) is -4.19. The second kappa shape index (κ2) is 6.94. The number of methoxy groups -OCH3 is 1. The van der Waals surface area contributed by atoms with Crippen LogP contribution in [0, 0.1) is 11.6 Å². The predicted octanol–water partition coefficient (Wildman–Crippen LogP) is 2.78. The number of carbonyl (C=O) groups is 1. The van der Waals surface area contributed by atoms with Crippen molar-refractivity contribution in [1.82, 2.24) is 4.57 Å². The minimum Gasteiger partial charge on any atom is -0.491 e. The molecule has 1 aliphatic rings. The van der Waals surface area contributed by atoms with Gasteiger partial charge in [-0.05, 0) is 18.9 Å². The Hall–Kier alpha value is -2.52. The zero-order valence-corrected chi connectivity index (χ0v) is 12.4. The average molecular weight is 344 g/mol. The molecule has 1 N–H and O–H groups in total. The molecule has 1 saturated carbocycles. The van der Waals surface area contributed by atoms with E-state index in [0.717, 1.165) is 19.2 Å². The largest absolute Gasteiger partial charge is 0.577 e. The molecule has 0 bridgehead atoms. The summed E-state index contributed by atoms with van der Waals surface area (Å²) in [6.45, 7) is 0. The fourth-order valence-electron chi connectivity index (χ4n) is 2.48. The van der Waals surface area contributed by atoms with Crippen LogP contribution < -0.4 is 10.2 Å². The van der Waals surface area contributed by atoms with Gasteiger partial charge in [-0.15, -0.1) is 0 Å². The lowest BCUT2D eigenvalue weighted by molar-refractivity contribution is 0.0684. The molecule has 0 aliphatic heterocycles. The lowest BCUT2D eigenvalue weighted by Gasteiger charge is -2.17. The molecule has 1 aliphatic carbocycles. The van der Waals surface area contributed by atoms with E-state index in [1.54, 1.807) is 0 Å². The minimum absolute atomic E-state index is 0.0104. The van der Waals surface area contributed by atoms with Crippen molar-refractivity contribution in [1.29, 1.82) is 0 Å². The number of ether oxygens (including phenoxy) is 1. The Labute approximate surface area is 133 Å². The van der Waals surface area contributed by atoms with Crippen LogP contribution in [0.5, 0.6) is 5.75 Å². The van der Waals surface area contributed by atoms with Gasteiger partial charge in [-0.3, -0.25) is 13.4 Å². The van der Waals surface area contributed by atoms with E-state index in [9.17, 15) is 32.1 Å². The summed E-state index contributed by atoms with van der Waals surface area (Å²) in [7, 11) is 0.145. The highest BCUT2D eigenvalue weighted by Gasteiger charge is 2.31. The maximum Gasteiger partial charge on any atom is 0.577 e. The first kappa shape index (κ1) is 17.8. The van der Waals surface area contributed by atoms with Gasteiger partial charge in [0.05, 0.1) is 18.0 Å². The molecule has 5 nitrogen and oxygen atoms in total. The highest BCUT2D eigenvalue weighted by atomic mass is 19.2. The molecule has 0 amide bonds. The topological polar surface area (TPSA) is 68.5 Å². The van der Waals surface area contributed by atoms with E-state index in [2.05, 4.69) is 0 Å². The molecule has 2 aromatic rings. The quantitative estimate of drug-likeness (QED) is 0.687. The fraction of sp³-hybridized carbons (Fsp3) is 0.286. The Kier molecular flexibility index (Phi) is 5.15. The van der Waals surface area contributed by atoms with Gasteiger partial charge in [0.15, 0.2) is 17.0 Å². The Morgan fingerprint density at radius 2 is 1.92 bits per heavy atom. The summed E-state index contributed by atoms with van der Waals surface area (Å²) in [6, 6.07) is 1.55. The number of rotatable bonds is 3. The van der Waals surface area contributed by atoms with E-state index in [1.807, 2.05) is 0 Å². The molecule has 0 spiro atoms. The number of aromatic carboxylic acids is 1. The first-order chi connectivity index (χ1) is 11.4. The third-order valence-corrected chi connectivity index (χ3v) is 3.52. The van der Waals surface area contributed by atoms with Crippen molar-refractivity contribution in [3.05, 3.63) is 39.7 Å². The van der Waals surface area contributed by atoms with Crippen molar-refractivity contribution >= 4 is 24.7 Å². The molecule has 24 heavy (non-hydrogen) atoms. The van der Waals surface area contributed by atoms with Gasteiger partial charge in [0.25, 0.3) is 0 Å². The highest BCUT2D eigenvalue weighted by Crippen LogP contribution is 2.41. The molecular formula is C14H11BF4NO4. The normalized spacial score (nSPS) is 13.2. The van der Waals surface area contributed by atoms with Gasteiger partial charge < -0.3 is 14.4 Å². The maximum atomic E-state index is 13.9. The van der Waals surface area contributed by atoms with Crippen LogP contribution in [0.1, 0.15) is 29.4 Å². The first-order valence-corrected chi connectivity index (χ1v) is 6.74. The van der Waals surface area contributed by atoms with Crippen LogP contribution in [0.3, 0.4) is 0 Å². The molecule has 3 rings (SSSR count). The third kappa shape index (κ3) is 3.08. The van der Waals surface area contributed by atoms with E-state index < -0.39 is 36.6 Å². The summed E-state index contributed by atoms with van der Waals surface area (Å²) in [6.07, 6.45) is 1.42. The Morgan fingerprint density at radius 1 is 1.33 bits per heavy atom. The first-order valence-electron chi connectivity index (χ1n) is 6.74. The summed E-state index contributed by atoms with van der Waals surface area (Å²) in [5, 5.41) is 9.15. The van der Waals surface area contributed by atoms with Gasteiger partial charge in [0.1, 0.15) is 5.69 Å². The van der Waals surface area contributed by atoms with E-state index >= 15 is 0 Å². The minimum atomic E-state index is -1.30. The molecule has 0 atom stereocenters. The van der Waals surface area contributed by atoms with E-state index in [-0.39, 0.29) is 22.6 Å². The smallest absolute Gasteiger partial charge is 0.491 e. The molecule has 0 unspecified atom stereocenters. The van der Waals surface area contributed by atoms with Crippen LogP contribution in [-0.2, 0) is 0 Å². The maximum absolute atomic E-state index is 13.9. The van der Waals surface area contributed by atoms with Crippen molar-refractivity contribution < 1.29 is 32.1 Å². The van der Waals surface area contributed by atoms with Crippen molar-refractivity contribution in [3.63, 3.8) is 0 Å². The summed E-state index contributed by atoms with van der Waals surface area (Å²) < 4.78 is 52.7. The van der Waals surface area contributed by atoms with Crippen molar-refractivity contribution in [3.8, 4) is 5.75 Å². The standard InChI is InChI=1S/C14H11F2NO4.BF2/c1-21-13-11(16)8(15)4-7-10(18)5-9(14(19)20)17(12(7)13)6-2-3-6;2-1-3/h4-6H,2-3H2,1H3,(H,19,20);. The number of hydrogen-bond donors (Lipinski definition) is 1. The molecular weight excluding hydrogens is 333 g/mol. The number of hydrogen-bond acceptors (Lipinski definition) is 3. The Balaban J connectivity index is 0.000000647. The van der Waals surface area contributed by atoms with Gasteiger partial charge in [-0.25, -0.2) is 9.18 Å². The lowest BCUT2D eigenvalue weighted by Crippen LogP contribution is -2.18. The van der Waals surface area contributed by atoms with E-state index in [0.29, 0.717) is 12.8 Å². The number of carboxylic acid groups (broad SMARTS) is 1. The summed E-state index contributed by atoms with van der Waals surface area (Å²) in [4.78, 5) is 23.3. The highest BCUT2D eigenvalue weighted by molar-refractivity contribution is 6.15. The fourth-order valence-corrected chi connectivity index (χ4v) is 2.48. The van der Waals surface area contributed by atoms with Crippen molar-refractivity contribution in [2.24, 2.45) is 0 Å². The average Bonchev–Trinajstić information content (AvgIpc) is 3.34. The number of fused-ring (bicyclic) bond motifs is 1. The van der Waals surface area contributed by atoms with Gasteiger partial charge >= 0.3 is 13.8 Å². The van der Waals surface area contributed by atoms with Crippen LogP contribution in [-0.4, -0.2) is 30.6 Å². The molecule has 1 fully saturated rings. The van der Waals surface area contributed by atoms with Gasteiger partial charge in [0, 0.05) is 12.1 Å². The summed E-state index contributed by atoms with van der Waals surface area (Å²) >= 11 is 0. The lowest BCUT2D eigenvalue weighted by atomic mass is 10.1. The van der Waals surface area contributed by atoms with E-state index in [4.69, 9.17) is 4.74 Å². The number of carboxylic acids is 1. The molecule has 10 heteroatoms. The molecule has 127 valence electrons. The van der Waals surface area contributed by atoms with Crippen LogP contribution in [0.2, 0.25) is 0 Å². The van der Waals surface area contributed by atoms with Crippen molar-refractivity contribution in [2.45, 2.75) is 18.9 Å². The summed E-state index contributed by atoms with van der Waals surface area (Å²) in [5.41, 5.74) is -0.945. The molecule has 1 heterocycles. The van der Waals surface area contributed by atoms with Crippen molar-refractivity contribution in [2.75, 3.05) is 7.11 Å². The SMILES string of the molecule is COc1c(F)c(F)cc2c(=O)cc(C(=O)O)n(C3CC3)c12.F[B]F. The third-order valence-electron chi connectivity index (χ3n) is 3.52. The number of benzene rings is 1. The number of halogens is 4. The zero-order chi connectivity index (χ0) is 18.0. The van der Waals surface area contributed by atoms with Crippen LogP contribution >= 0.6 is 0 Å². The van der Waals surface area contributed by atoms with Crippen LogP contribution in [0.25, 0.3) is 10.9 Å². The van der Waals surface area contributed by atoms with Crippen LogP contribution in [0.15, 0.2) is 16.9 Å². The molecule has 1 aromatic carbocycles. The second-order valence-corrected chi connectivity index (χ2v) is 4.98.